The average molecular weight is 228 g/mol. The monoisotopic (exact) mass is 228 g/mol. The normalized spacial score (nSPS) is 13.2. The first-order chi connectivity index (χ1) is 6.33. The second-order valence-corrected chi connectivity index (χ2v) is 10.4. The van der Waals surface area contributed by atoms with Crippen LogP contribution in [0.15, 0.2) is 5.38 Å². The highest BCUT2D eigenvalue weighted by Gasteiger charge is 2.37. The summed E-state index contributed by atoms with van der Waals surface area (Å²) in [4.78, 5) is 4.09. The number of rotatable bonds is 3. The highest BCUT2D eigenvalue weighted by Crippen LogP contribution is 2.36. The van der Waals surface area contributed by atoms with Crippen LogP contribution in [0.3, 0.4) is 0 Å². The summed E-state index contributed by atoms with van der Waals surface area (Å²) in [6, 6.07) is 0. The van der Waals surface area contributed by atoms with Gasteiger partial charge in [-0.2, -0.15) is 0 Å². The maximum Gasteiger partial charge on any atom is 0.192 e. The minimum atomic E-state index is -1.61. The summed E-state index contributed by atoms with van der Waals surface area (Å²) in [6.45, 7) is 11.9. The van der Waals surface area contributed by atoms with Crippen LogP contribution < -0.4 is 0 Å². The molecule has 0 saturated heterocycles. The Bertz CT molecular complexity index is 277. The molecule has 1 radical (unpaired) electrons. The summed E-state index contributed by atoms with van der Waals surface area (Å²) in [5.41, 5.74) is 3.83. The van der Waals surface area contributed by atoms with Crippen molar-refractivity contribution in [3.05, 3.63) is 16.6 Å². The zero-order chi connectivity index (χ0) is 10.8. The molecule has 4 heteroatoms. The quantitative estimate of drug-likeness (QED) is 0.739. The van der Waals surface area contributed by atoms with Gasteiger partial charge >= 0.3 is 0 Å². The maximum absolute atomic E-state index is 6.00. The van der Waals surface area contributed by atoms with Crippen LogP contribution in [0.5, 0.6) is 0 Å². The van der Waals surface area contributed by atoms with E-state index >= 15 is 0 Å². The summed E-state index contributed by atoms with van der Waals surface area (Å²) < 4.78 is 6.00. The topological polar surface area (TPSA) is 22.1 Å². The van der Waals surface area contributed by atoms with Gasteiger partial charge in [-0.3, -0.25) is 0 Å². The van der Waals surface area contributed by atoms with E-state index in [1.807, 2.05) is 5.38 Å². The molecule has 0 amide bonds. The fourth-order valence-corrected chi connectivity index (χ4v) is 2.16. The molecule has 0 aliphatic heterocycles. The SMILES string of the molecule is CC(C)(C)[Si](C)(C)OCc1cs[c]n1. The minimum absolute atomic E-state index is 0.271. The molecule has 0 saturated carbocycles. The van der Waals surface area contributed by atoms with Crippen molar-refractivity contribution >= 4 is 19.7 Å². The molecule has 0 spiro atoms. The molecule has 2 nitrogen and oxygen atoms in total. The number of aromatic nitrogens is 1. The average Bonchev–Trinajstić information content (AvgIpc) is 2.50. The number of hydrogen-bond donors (Lipinski definition) is 0. The van der Waals surface area contributed by atoms with Gasteiger partial charge in [0.2, 0.25) is 0 Å². The Morgan fingerprint density at radius 3 is 2.57 bits per heavy atom. The molecule has 0 N–H and O–H groups in total. The van der Waals surface area contributed by atoms with E-state index in [4.69, 9.17) is 4.43 Å². The van der Waals surface area contributed by atoms with Crippen molar-refractivity contribution in [3.63, 3.8) is 0 Å². The second kappa shape index (κ2) is 4.12. The Balaban J connectivity index is 2.53. The first kappa shape index (κ1) is 11.9. The van der Waals surface area contributed by atoms with Crippen LogP contribution in [0.25, 0.3) is 0 Å². The van der Waals surface area contributed by atoms with Gasteiger partial charge in [-0.05, 0) is 18.1 Å². The molecule has 0 fully saturated rings. The Kier molecular flexibility index (Phi) is 3.50. The molecular formula is C10H18NOSSi. The van der Waals surface area contributed by atoms with Gasteiger partial charge < -0.3 is 4.43 Å². The first-order valence-corrected chi connectivity index (χ1v) is 8.56. The van der Waals surface area contributed by atoms with E-state index in [-0.39, 0.29) is 5.04 Å². The third-order valence-corrected chi connectivity index (χ3v) is 7.89. The predicted octanol–water partition coefficient (Wildman–Crippen LogP) is 3.47. The zero-order valence-corrected chi connectivity index (χ0v) is 11.4. The summed E-state index contributed by atoms with van der Waals surface area (Å²) in [5, 5.41) is 2.26. The van der Waals surface area contributed by atoms with Crippen LogP contribution in [-0.4, -0.2) is 13.3 Å². The Hall–Kier alpha value is -0.193. The lowest BCUT2D eigenvalue weighted by atomic mass is 10.2. The van der Waals surface area contributed by atoms with Gasteiger partial charge in [0.05, 0.1) is 12.3 Å². The second-order valence-electron chi connectivity index (χ2n) is 4.98. The van der Waals surface area contributed by atoms with Crippen molar-refractivity contribution < 1.29 is 4.43 Å². The molecule has 1 rings (SSSR count). The smallest absolute Gasteiger partial charge is 0.192 e. The molecule has 14 heavy (non-hydrogen) atoms. The molecule has 0 bridgehead atoms. The Morgan fingerprint density at radius 2 is 2.14 bits per heavy atom. The molecule has 79 valence electrons. The number of thiazole rings is 1. The van der Waals surface area contributed by atoms with Crippen molar-refractivity contribution in [2.45, 2.75) is 45.5 Å². The summed E-state index contributed by atoms with van der Waals surface area (Å²) in [6.07, 6.45) is 0. The molecule has 1 aromatic rings. The standard InChI is InChI=1S/C10H18NOSSi/c1-10(2,3)14(4,5)12-6-9-7-13-8-11-9/h7H,6H2,1-5H3. The van der Waals surface area contributed by atoms with Gasteiger partial charge in [0.25, 0.3) is 0 Å². The van der Waals surface area contributed by atoms with Gasteiger partial charge in [-0.1, -0.05) is 20.8 Å². The third kappa shape index (κ3) is 2.90. The zero-order valence-electron chi connectivity index (χ0n) is 9.55. The molecular weight excluding hydrogens is 210 g/mol. The fraction of sp³-hybridized carbons (Fsp3) is 0.700. The van der Waals surface area contributed by atoms with Crippen molar-refractivity contribution in [1.29, 1.82) is 0 Å². The third-order valence-electron chi connectivity index (χ3n) is 2.82. The molecule has 1 aromatic heterocycles. The van der Waals surface area contributed by atoms with E-state index in [0.29, 0.717) is 6.61 Å². The largest absolute Gasteiger partial charge is 0.411 e. The molecule has 0 atom stereocenters. The Morgan fingerprint density at radius 1 is 1.50 bits per heavy atom. The minimum Gasteiger partial charge on any atom is -0.411 e. The molecule has 0 aliphatic rings. The lowest BCUT2D eigenvalue weighted by molar-refractivity contribution is 0.273. The number of nitrogens with zero attached hydrogens (tertiary/aromatic N) is 1. The van der Waals surface area contributed by atoms with E-state index < -0.39 is 8.32 Å². The van der Waals surface area contributed by atoms with Gasteiger partial charge in [-0.15, -0.1) is 11.3 Å². The first-order valence-electron chi connectivity index (χ1n) is 4.77. The van der Waals surface area contributed by atoms with Crippen molar-refractivity contribution in [1.82, 2.24) is 4.98 Å². The highest BCUT2D eigenvalue weighted by atomic mass is 32.1. The van der Waals surface area contributed by atoms with Gasteiger partial charge in [-0.25, -0.2) is 4.98 Å². The summed E-state index contributed by atoms with van der Waals surface area (Å²) >= 11 is 1.50. The van der Waals surface area contributed by atoms with Crippen LogP contribution in [0.1, 0.15) is 26.5 Å². The molecule has 0 aliphatic carbocycles. The maximum atomic E-state index is 6.00. The molecule has 0 unspecified atom stereocenters. The van der Waals surface area contributed by atoms with Crippen LogP contribution in [0.4, 0.5) is 0 Å². The van der Waals surface area contributed by atoms with Crippen LogP contribution in [-0.2, 0) is 11.0 Å². The van der Waals surface area contributed by atoms with E-state index in [1.165, 1.54) is 11.3 Å². The van der Waals surface area contributed by atoms with Crippen LogP contribution >= 0.6 is 11.3 Å². The van der Waals surface area contributed by atoms with Crippen molar-refractivity contribution in [2.75, 3.05) is 0 Å². The highest BCUT2D eigenvalue weighted by molar-refractivity contribution is 7.07. The summed E-state index contributed by atoms with van der Waals surface area (Å²) in [7, 11) is -1.61. The van der Waals surface area contributed by atoms with Crippen molar-refractivity contribution in [2.24, 2.45) is 0 Å². The fourth-order valence-electron chi connectivity index (χ4n) is 0.743. The lowest BCUT2D eigenvalue weighted by Crippen LogP contribution is -2.40. The van der Waals surface area contributed by atoms with Gasteiger partial charge in [0.15, 0.2) is 13.8 Å². The lowest BCUT2D eigenvalue weighted by Gasteiger charge is -2.35. The van der Waals surface area contributed by atoms with E-state index in [9.17, 15) is 0 Å². The van der Waals surface area contributed by atoms with E-state index in [1.54, 1.807) is 0 Å². The molecule has 0 aromatic carbocycles. The van der Waals surface area contributed by atoms with Crippen molar-refractivity contribution in [3.8, 4) is 0 Å². The number of hydrogen-bond acceptors (Lipinski definition) is 3. The van der Waals surface area contributed by atoms with Crippen LogP contribution in [0, 0.1) is 5.51 Å². The van der Waals surface area contributed by atoms with E-state index in [2.05, 4.69) is 44.4 Å². The predicted molar refractivity (Wildman–Crippen MR) is 62.9 cm³/mol. The van der Waals surface area contributed by atoms with Gasteiger partial charge in [0, 0.05) is 5.38 Å². The summed E-state index contributed by atoms with van der Waals surface area (Å²) in [5.74, 6) is 0. The molecule has 1 heterocycles. The van der Waals surface area contributed by atoms with E-state index in [0.717, 1.165) is 5.69 Å². The van der Waals surface area contributed by atoms with Crippen LogP contribution in [0.2, 0.25) is 18.1 Å². The van der Waals surface area contributed by atoms with Gasteiger partial charge in [0.1, 0.15) is 0 Å². The Labute approximate surface area is 91.5 Å².